The molecule has 0 saturated carbocycles. The van der Waals surface area contributed by atoms with Gasteiger partial charge in [-0.05, 0) is 43.2 Å². The van der Waals surface area contributed by atoms with Crippen molar-refractivity contribution in [2.24, 2.45) is 0 Å². The number of nitrogens with one attached hydrogen (secondary N) is 2. The second-order valence-corrected chi connectivity index (χ2v) is 7.05. The Labute approximate surface area is 155 Å². The Morgan fingerprint density at radius 1 is 1.23 bits per heavy atom. The molecule has 2 N–H and O–H groups in total. The molecular formula is C19H19FN4OS. The van der Waals surface area contributed by atoms with Crippen LogP contribution in [0.4, 0.5) is 10.1 Å². The monoisotopic (exact) mass is 370 g/mol. The number of halogens is 1. The van der Waals surface area contributed by atoms with Crippen molar-refractivity contribution < 1.29 is 9.18 Å². The van der Waals surface area contributed by atoms with Crippen LogP contribution in [0.2, 0.25) is 0 Å². The maximum atomic E-state index is 13.8. The van der Waals surface area contributed by atoms with Crippen molar-refractivity contribution in [1.82, 2.24) is 15.2 Å². The summed E-state index contributed by atoms with van der Waals surface area (Å²) in [7, 11) is 0. The molecule has 0 fully saturated rings. The summed E-state index contributed by atoms with van der Waals surface area (Å²) in [6.45, 7) is 3.86. The maximum Gasteiger partial charge on any atom is 0.237 e. The number of thioether (sulfide) groups is 1. The molecule has 0 aliphatic carbocycles. The van der Waals surface area contributed by atoms with Crippen molar-refractivity contribution in [3.05, 3.63) is 59.9 Å². The van der Waals surface area contributed by atoms with Crippen molar-refractivity contribution >= 4 is 23.4 Å². The molecule has 0 radical (unpaired) electrons. The van der Waals surface area contributed by atoms with E-state index in [2.05, 4.69) is 27.4 Å². The third-order valence-corrected chi connectivity index (χ3v) is 4.84. The molecule has 0 aliphatic heterocycles. The lowest BCUT2D eigenvalue weighted by Gasteiger charge is -2.10. The Bertz CT molecular complexity index is 895. The molecule has 134 valence electrons. The fourth-order valence-corrected chi connectivity index (χ4v) is 3.08. The van der Waals surface area contributed by atoms with Gasteiger partial charge in [-0.2, -0.15) is 0 Å². The summed E-state index contributed by atoms with van der Waals surface area (Å²) in [5.74, 6) is -0.175. The third-order valence-electron chi connectivity index (χ3n) is 3.88. The van der Waals surface area contributed by atoms with E-state index < -0.39 is 5.25 Å². The lowest BCUT2D eigenvalue weighted by Crippen LogP contribution is -2.22. The third kappa shape index (κ3) is 4.29. The molecule has 0 aliphatic rings. The zero-order chi connectivity index (χ0) is 18.5. The summed E-state index contributed by atoms with van der Waals surface area (Å²) in [5.41, 5.74) is 2.31. The van der Waals surface area contributed by atoms with Crippen molar-refractivity contribution in [3.8, 4) is 11.4 Å². The first-order valence-corrected chi connectivity index (χ1v) is 9.18. The minimum atomic E-state index is -0.398. The first-order chi connectivity index (χ1) is 12.6. The van der Waals surface area contributed by atoms with Crippen molar-refractivity contribution in [2.45, 2.75) is 30.7 Å². The van der Waals surface area contributed by atoms with Gasteiger partial charge in [-0.25, -0.2) is 9.37 Å². The Morgan fingerprint density at radius 2 is 1.96 bits per heavy atom. The largest absolute Gasteiger partial charge is 0.325 e. The van der Waals surface area contributed by atoms with E-state index in [1.54, 1.807) is 25.1 Å². The van der Waals surface area contributed by atoms with Crippen LogP contribution in [0.1, 0.15) is 19.4 Å². The zero-order valence-electron chi connectivity index (χ0n) is 14.5. The SMILES string of the molecule is CCc1ccc(NC(=O)[C@H](C)Sc2n[nH]c(-c3ccccc3F)n2)cc1. The number of anilines is 1. The van der Waals surface area contributed by atoms with Gasteiger partial charge in [0.2, 0.25) is 11.1 Å². The standard InChI is InChI=1S/C19H19FN4OS/c1-3-13-8-10-14(11-9-13)21-18(25)12(2)26-19-22-17(23-24-19)15-6-4-5-7-16(15)20/h4-12H,3H2,1-2H3,(H,21,25)(H,22,23,24)/t12-/m0/s1. The van der Waals surface area contributed by atoms with Crippen LogP contribution >= 0.6 is 11.8 Å². The van der Waals surface area contributed by atoms with E-state index in [0.717, 1.165) is 12.1 Å². The molecule has 0 spiro atoms. The Hall–Kier alpha value is -2.67. The van der Waals surface area contributed by atoms with Crippen LogP contribution in [0, 0.1) is 5.82 Å². The topological polar surface area (TPSA) is 70.7 Å². The highest BCUT2D eigenvalue weighted by Crippen LogP contribution is 2.25. The molecular weight excluding hydrogens is 351 g/mol. The van der Waals surface area contributed by atoms with Crippen LogP contribution in [-0.2, 0) is 11.2 Å². The first-order valence-electron chi connectivity index (χ1n) is 8.30. The highest BCUT2D eigenvalue weighted by molar-refractivity contribution is 8.00. The van der Waals surface area contributed by atoms with E-state index in [-0.39, 0.29) is 11.7 Å². The number of aromatic amines is 1. The number of H-pyrrole nitrogens is 1. The molecule has 26 heavy (non-hydrogen) atoms. The highest BCUT2D eigenvalue weighted by Gasteiger charge is 2.18. The van der Waals surface area contributed by atoms with Crippen molar-refractivity contribution in [2.75, 3.05) is 5.32 Å². The summed E-state index contributed by atoms with van der Waals surface area (Å²) >= 11 is 1.21. The van der Waals surface area contributed by atoms with Gasteiger partial charge in [0.15, 0.2) is 5.82 Å². The van der Waals surface area contributed by atoms with Gasteiger partial charge < -0.3 is 5.32 Å². The van der Waals surface area contributed by atoms with E-state index in [1.807, 2.05) is 24.3 Å². The van der Waals surface area contributed by atoms with Gasteiger partial charge in [-0.15, -0.1) is 5.10 Å². The van der Waals surface area contributed by atoms with Crippen LogP contribution in [0.15, 0.2) is 53.7 Å². The summed E-state index contributed by atoms with van der Waals surface area (Å²) in [4.78, 5) is 16.6. The molecule has 0 bridgehead atoms. The average molecular weight is 370 g/mol. The zero-order valence-corrected chi connectivity index (χ0v) is 15.3. The van der Waals surface area contributed by atoms with Gasteiger partial charge in [0.1, 0.15) is 5.82 Å². The van der Waals surface area contributed by atoms with Gasteiger partial charge >= 0.3 is 0 Å². The fourth-order valence-electron chi connectivity index (χ4n) is 2.35. The molecule has 2 aromatic carbocycles. The summed E-state index contributed by atoms with van der Waals surface area (Å²) in [6.07, 6.45) is 0.954. The van der Waals surface area contributed by atoms with Crippen LogP contribution in [0.3, 0.4) is 0 Å². The molecule has 1 amide bonds. The number of carbonyl (C=O) groups is 1. The second-order valence-electron chi connectivity index (χ2n) is 5.75. The fraction of sp³-hybridized carbons (Fsp3) is 0.211. The molecule has 5 nitrogen and oxygen atoms in total. The summed E-state index contributed by atoms with van der Waals surface area (Å²) < 4.78 is 13.8. The minimum absolute atomic E-state index is 0.142. The van der Waals surface area contributed by atoms with Crippen molar-refractivity contribution in [3.63, 3.8) is 0 Å². The lowest BCUT2D eigenvalue weighted by molar-refractivity contribution is -0.115. The molecule has 7 heteroatoms. The summed E-state index contributed by atoms with van der Waals surface area (Å²) in [6, 6.07) is 14.1. The van der Waals surface area contributed by atoms with Gasteiger partial charge in [0.25, 0.3) is 0 Å². The molecule has 1 aromatic heterocycles. The smallest absolute Gasteiger partial charge is 0.237 e. The quantitative estimate of drug-likeness (QED) is 0.635. The average Bonchev–Trinajstić information content (AvgIpc) is 3.11. The molecule has 0 saturated heterocycles. The first kappa shape index (κ1) is 18.1. The predicted molar refractivity (Wildman–Crippen MR) is 102 cm³/mol. The normalized spacial score (nSPS) is 12.0. The number of nitrogens with zero attached hydrogens (tertiary/aromatic N) is 2. The summed E-state index contributed by atoms with van der Waals surface area (Å²) in [5, 5.41) is 9.65. The van der Waals surface area contributed by atoms with E-state index >= 15 is 0 Å². The number of hydrogen-bond donors (Lipinski definition) is 2. The van der Waals surface area contributed by atoms with Gasteiger partial charge in [0, 0.05) is 5.69 Å². The van der Waals surface area contributed by atoms with Crippen LogP contribution in [0.5, 0.6) is 0 Å². The number of benzene rings is 2. The van der Waals surface area contributed by atoms with Crippen LogP contribution < -0.4 is 5.32 Å². The van der Waals surface area contributed by atoms with Gasteiger partial charge in [0.05, 0.1) is 10.8 Å². The van der Waals surface area contributed by atoms with E-state index in [0.29, 0.717) is 16.5 Å². The van der Waals surface area contributed by atoms with Crippen LogP contribution in [0.25, 0.3) is 11.4 Å². The van der Waals surface area contributed by atoms with Gasteiger partial charge in [-0.3, -0.25) is 9.89 Å². The van der Waals surface area contributed by atoms with Crippen molar-refractivity contribution in [1.29, 1.82) is 0 Å². The highest BCUT2D eigenvalue weighted by atomic mass is 32.2. The minimum Gasteiger partial charge on any atom is -0.325 e. The molecule has 0 unspecified atom stereocenters. The van der Waals surface area contributed by atoms with E-state index in [9.17, 15) is 9.18 Å². The number of hydrogen-bond acceptors (Lipinski definition) is 4. The van der Waals surface area contributed by atoms with E-state index in [1.165, 1.54) is 23.4 Å². The van der Waals surface area contributed by atoms with Gasteiger partial charge in [-0.1, -0.05) is 43.0 Å². The Kier molecular flexibility index (Phi) is 5.68. The number of aromatic nitrogens is 3. The number of rotatable bonds is 6. The lowest BCUT2D eigenvalue weighted by atomic mass is 10.1. The second kappa shape index (κ2) is 8.14. The van der Waals surface area contributed by atoms with E-state index in [4.69, 9.17) is 0 Å². The molecule has 3 rings (SSSR count). The maximum absolute atomic E-state index is 13.8. The van der Waals surface area contributed by atoms with Crippen LogP contribution in [-0.4, -0.2) is 26.3 Å². The predicted octanol–water partition coefficient (Wildman–Crippen LogP) is 4.29. The number of carbonyl (C=O) groups excluding carboxylic acids is 1. The Morgan fingerprint density at radius 3 is 2.65 bits per heavy atom. The molecule has 1 heterocycles. The molecule has 3 aromatic rings. The number of amides is 1. The number of aryl methyl sites for hydroxylation is 1. The Balaban J connectivity index is 1.63. The molecule has 1 atom stereocenters.